The maximum atomic E-state index is 8.93. The van der Waals surface area contributed by atoms with Gasteiger partial charge in [-0.3, -0.25) is 0 Å². The molecule has 0 bridgehead atoms. The molecule has 0 spiro atoms. The highest BCUT2D eigenvalue weighted by atomic mass is 16.5. The summed E-state index contributed by atoms with van der Waals surface area (Å²) < 4.78 is 5.33. The highest BCUT2D eigenvalue weighted by molar-refractivity contribution is 5.30. The fourth-order valence-corrected chi connectivity index (χ4v) is 2.28. The van der Waals surface area contributed by atoms with Gasteiger partial charge in [0.1, 0.15) is 11.8 Å². The first-order valence-corrected chi connectivity index (χ1v) is 5.93. The van der Waals surface area contributed by atoms with Crippen molar-refractivity contribution in [3.8, 4) is 6.07 Å². The molecule has 1 fully saturated rings. The van der Waals surface area contributed by atoms with Crippen LogP contribution in [0.25, 0.3) is 0 Å². The zero-order valence-electron chi connectivity index (χ0n) is 10.0. The Morgan fingerprint density at radius 1 is 1.59 bits per heavy atom. The molecule has 4 nitrogen and oxygen atoms in total. The molecule has 2 unspecified atom stereocenters. The first-order valence-electron chi connectivity index (χ1n) is 5.93. The fourth-order valence-electron chi connectivity index (χ4n) is 2.28. The predicted octanol–water partition coefficient (Wildman–Crippen LogP) is 1.61. The van der Waals surface area contributed by atoms with Crippen LogP contribution >= 0.6 is 0 Å². The second kappa shape index (κ2) is 5.76. The summed E-state index contributed by atoms with van der Waals surface area (Å²) in [4.78, 5) is 4.05. The van der Waals surface area contributed by atoms with Gasteiger partial charge in [-0.2, -0.15) is 5.26 Å². The van der Waals surface area contributed by atoms with Crippen LogP contribution in [0.1, 0.15) is 30.5 Å². The predicted molar refractivity (Wildman–Crippen MR) is 64.2 cm³/mol. The SMILES string of the molecule is COC1CCC(NCc2cccnc2C#N)C1. The Hall–Kier alpha value is -1.44. The summed E-state index contributed by atoms with van der Waals surface area (Å²) in [6.45, 7) is 0.706. The van der Waals surface area contributed by atoms with Crippen LogP contribution in [0.5, 0.6) is 0 Å². The molecule has 17 heavy (non-hydrogen) atoms. The van der Waals surface area contributed by atoms with Gasteiger partial charge in [-0.05, 0) is 25.3 Å². The van der Waals surface area contributed by atoms with Gasteiger partial charge < -0.3 is 10.1 Å². The minimum atomic E-state index is 0.386. The number of hydrogen-bond acceptors (Lipinski definition) is 4. The van der Waals surface area contributed by atoms with Gasteiger partial charge in [0.2, 0.25) is 0 Å². The van der Waals surface area contributed by atoms with Crippen LogP contribution in [0, 0.1) is 11.3 Å². The van der Waals surface area contributed by atoms with Crippen LogP contribution in [-0.2, 0) is 11.3 Å². The number of pyridine rings is 1. The number of nitriles is 1. The zero-order chi connectivity index (χ0) is 12.1. The molecule has 1 heterocycles. The topological polar surface area (TPSA) is 57.9 Å². The van der Waals surface area contributed by atoms with Gasteiger partial charge in [0.05, 0.1) is 6.10 Å². The lowest BCUT2D eigenvalue weighted by molar-refractivity contribution is 0.107. The summed E-state index contributed by atoms with van der Waals surface area (Å²) in [5, 5.41) is 12.4. The van der Waals surface area contributed by atoms with Crippen molar-refractivity contribution in [1.82, 2.24) is 10.3 Å². The average molecular weight is 231 g/mol. The van der Waals surface area contributed by atoms with Crippen molar-refractivity contribution in [3.05, 3.63) is 29.6 Å². The Kier molecular flexibility index (Phi) is 4.08. The third kappa shape index (κ3) is 3.02. The zero-order valence-corrected chi connectivity index (χ0v) is 10.0. The summed E-state index contributed by atoms with van der Waals surface area (Å²) in [7, 11) is 1.77. The van der Waals surface area contributed by atoms with E-state index in [1.807, 2.05) is 12.1 Å². The Bertz CT molecular complexity index is 413. The molecule has 90 valence electrons. The van der Waals surface area contributed by atoms with Crippen molar-refractivity contribution in [2.45, 2.75) is 38.0 Å². The maximum absolute atomic E-state index is 8.93. The summed E-state index contributed by atoms with van der Waals surface area (Å²) in [5.41, 5.74) is 1.48. The number of aromatic nitrogens is 1. The van der Waals surface area contributed by atoms with E-state index in [9.17, 15) is 0 Å². The molecule has 2 rings (SSSR count). The molecule has 0 saturated heterocycles. The number of rotatable bonds is 4. The van der Waals surface area contributed by atoms with E-state index < -0.39 is 0 Å². The van der Waals surface area contributed by atoms with E-state index in [1.54, 1.807) is 13.3 Å². The number of ether oxygens (including phenoxy) is 1. The van der Waals surface area contributed by atoms with Crippen LogP contribution in [0.15, 0.2) is 18.3 Å². The Morgan fingerprint density at radius 2 is 2.47 bits per heavy atom. The minimum Gasteiger partial charge on any atom is -0.381 e. The fraction of sp³-hybridized carbons (Fsp3) is 0.538. The first kappa shape index (κ1) is 12.0. The molecule has 0 aromatic carbocycles. The summed E-state index contributed by atoms with van der Waals surface area (Å²) in [6, 6.07) is 6.42. The lowest BCUT2D eigenvalue weighted by Gasteiger charge is -2.13. The van der Waals surface area contributed by atoms with Crippen LogP contribution in [0.2, 0.25) is 0 Å². The lowest BCUT2D eigenvalue weighted by atomic mass is 10.2. The molecule has 1 aliphatic rings. The van der Waals surface area contributed by atoms with Crippen LogP contribution < -0.4 is 5.32 Å². The highest BCUT2D eigenvalue weighted by Crippen LogP contribution is 2.21. The number of methoxy groups -OCH3 is 1. The van der Waals surface area contributed by atoms with E-state index in [4.69, 9.17) is 10.00 Å². The van der Waals surface area contributed by atoms with E-state index in [1.165, 1.54) is 0 Å². The third-order valence-corrected chi connectivity index (χ3v) is 3.30. The molecule has 2 atom stereocenters. The smallest absolute Gasteiger partial charge is 0.144 e. The highest BCUT2D eigenvalue weighted by Gasteiger charge is 2.23. The molecule has 1 N–H and O–H groups in total. The van der Waals surface area contributed by atoms with E-state index in [2.05, 4.69) is 16.4 Å². The Morgan fingerprint density at radius 3 is 3.18 bits per heavy atom. The lowest BCUT2D eigenvalue weighted by Crippen LogP contribution is -2.27. The molecule has 0 aliphatic heterocycles. The van der Waals surface area contributed by atoms with E-state index in [0.717, 1.165) is 24.8 Å². The molecule has 1 aromatic heterocycles. The Balaban J connectivity index is 1.88. The molecule has 1 aromatic rings. The third-order valence-electron chi connectivity index (χ3n) is 3.30. The summed E-state index contributed by atoms with van der Waals surface area (Å²) >= 11 is 0. The summed E-state index contributed by atoms with van der Waals surface area (Å²) in [6.07, 6.45) is 5.35. The van der Waals surface area contributed by atoms with Crippen molar-refractivity contribution >= 4 is 0 Å². The minimum absolute atomic E-state index is 0.386. The van der Waals surface area contributed by atoms with E-state index >= 15 is 0 Å². The average Bonchev–Trinajstić information content (AvgIpc) is 2.84. The molecule has 4 heteroatoms. The van der Waals surface area contributed by atoms with Crippen molar-refractivity contribution in [2.24, 2.45) is 0 Å². The largest absolute Gasteiger partial charge is 0.381 e. The Labute approximate surface area is 102 Å². The first-order chi connectivity index (χ1) is 8.33. The number of nitrogens with zero attached hydrogens (tertiary/aromatic N) is 2. The van der Waals surface area contributed by atoms with Gasteiger partial charge in [-0.25, -0.2) is 4.98 Å². The van der Waals surface area contributed by atoms with Gasteiger partial charge in [0, 0.05) is 31.5 Å². The number of nitrogens with one attached hydrogen (secondary N) is 1. The molecule has 0 amide bonds. The van der Waals surface area contributed by atoms with Gasteiger partial charge in [-0.15, -0.1) is 0 Å². The quantitative estimate of drug-likeness (QED) is 0.855. The maximum Gasteiger partial charge on any atom is 0.144 e. The van der Waals surface area contributed by atoms with Crippen molar-refractivity contribution in [1.29, 1.82) is 5.26 Å². The normalized spacial score (nSPS) is 23.5. The molecule has 0 radical (unpaired) electrons. The van der Waals surface area contributed by atoms with Gasteiger partial charge in [0.25, 0.3) is 0 Å². The molecule has 1 saturated carbocycles. The molecule has 1 aliphatic carbocycles. The van der Waals surface area contributed by atoms with Gasteiger partial charge in [-0.1, -0.05) is 6.07 Å². The van der Waals surface area contributed by atoms with Gasteiger partial charge in [0.15, 0.2) is 0 Å². The van der Waals surface area contributed by atoms with Crippen LogP contribution in [0.4, 0.5) is 0 Å². The van der Waals surface area contributed by atoms with Crippen molar-refractivity contribution in [3.63, 3.8) is 0 Å². The van der Waals surface area contributed by atoms with Gasteiger partial charge >= 0.3 is 0 Å². The van der Waals surface area contributed by atoms with Crippen LogP contribution in [0.3, 0.4) is 0 Å². The van der Waals surface area contributed by atoms with Crippen molar-refractivity contribution < 1.29 is 4.74 Å². The summed E-state index contributed by atoms with van der Waals surface area (Å²) in [5.74, 6) is 0. The van der Waals surface area contributed by atoms with E-state index in [-0.39, 0.29) is 0 Å². The number of hydrogen-bond donors (Lipinski definition) is 1. The second-order valence-electron chi connectivity index (χ2n) is 4.37. The van der Waals surface area contributed by atoms with Crippen molar-refractivity contribution in [2.75, 3.05) is 7.11 Å². The molecular formula is C13H17N3O. The molecular weight excluding hydrogens is 214 g/mol. The standard InChI is InChI=1S/C13H17N3O/c1-17-12-5-4-11(7-12)16-9-10-3-2-6-15-13(10)8-14/h2-3,6,11-12,16H,4-5,7,9H2,1H3. The van der Waals surface area contributed by atoms with Crippen LogP contribution in [-0.4, -0.2) is 24.2 Å². The second-order valence-corrected chi connectivity index (χ2v) is 4.37. The monoisotopic (exact) mass is 231 g/mol. The van der Waals surface area contributed by atoms with E-state index in [0.29, 0.717) is 24.4 Å².